The van der Waals surface area contributed by atoms with Crippen LogP contribution in [0, 0.1) is 12.8 Å². The van der Waals surface area contributed by atoms with Gasteiger partial charge < -0.3 is 10.2 Å². The van der Waals surface area contributed by atoms with Crippen LogP contribution in [0.25, 0.3) is 0 Å². The SMILES string of the molecule is CC(=O)N1CCC[C@@H](CNC(=O)c2ccc(C)n2C(F)F)C1. The van der Waals surface area contributed by atoms with Crippen molar-refractivity contribution in [2.75, 3.05) is 19.6 Å². The lowest BCUT2D eigenvalue weighted by Gasteiger charge is -2.32. The van der Waals surface area contributed by atoms with Gasteiger partial charge in [-0.05, 0) is 37.8 Å². The molecule has 2 rings (SSSR count). The molecule has 22 heavy (non-hydrogen) atoms. The first-order chi connectivity index (χ1) is 10.4. The third kappa shape index (κ3) is 3.64. The molecule has 122 valence electrons. The minimum atomic E-state index is -2.74. The van der Waals surface area contributed by atoms with E-state index in [4.69, 9.17) is 0 Å². The number of carbonyl (C=O) groups excluding carboxylic acids is 2. The summed E-state index contributed by atoms with van der Waals surface area (Å²) in [4.78, 5) is 25.2. The molecule has 5 nitrogen and oxygen atoms in total. The Morgan fingerprint density at radius 2 is 2.14 bits per heavy atom. The van der Waals surface area contributed by atoms with Gasteiger partial charge in [0.1, 0.15) is 5.69 Å². The predicted molar refractivity (Wildman–Crippen MR) is 77.7 cm³/mol. The average molecular weight is 313 g/mol. The maximum absolute atomic E-state index is 13.0. The molecular weight excluding hydrogens is 292 g/mol. The van der Waals surface area contributed by atoms with Gasteiger partial charge in [-0.25, -0.2) is 0 Å². The van der Waals surface area contributed by atoms with Crippen molar-refractivity contribution in [1.29, 1.82) is 0 Å². The summed E-state index contributed by atoms with van der Waals surface area (Å²) < 4.78 is 26.6. The van der Waals surface area contributed by atoms with E-state index < -0.39 is 12.5 Å². The molecule has 1 aliphatic rings. The van der Waals surface area contributed by atoms with Crippen LogP contribution < -0.4 is 5.32 Å². The first-order valence-corrected chi connectivity index (χ1v) is 7.40. The number of halogens is 2. The average Bonchev–Trinajstić information content (AvgIpc) is 2.87. The number of hydrogen-bond acceptors (Lipinski definition) is 2. The molecule has 2 heterocycles. The number of carbonyl (C=O) groups is 2. The third-order valence-corrected chi connectivity index (χ3v) is 4.07. The quantitative estimate of drug-likeness (QED) is 0.926. The van der Waals surface area contributed by atoms with Crippen molar-refractivity contribution in [3.63, 3.8) is 0 Å². The minimum Gasteiger partial charge on any atom is -0.350 e. The molecule has 1 aliphatic heterocycles. The molecule has 0 unspecified atom stereocenters. The van der Waals surface area contributed by atoms with Gasteiger partial charge in [0, 0.05) is 32.3 Å². The first-order valence-electron chi connectivity index (χ1n) is 7.40. The van der Waals surface area contributed by atoms with Crippen LogP contribution >= 0.6 is 0 Å². The number of hydrogen-bond donors (Lipinski definition) is 1. The maximum Gasteiger partial charge on any atom is 0.319 e. The summed E-state index contributed by atoms with van der Waals surface area (Å²) in [7, 11) is 0. The van der Waals surface area contributed by atoms with Gasteiger partial charge in [-0.3, -0.25) is 14.2 Å². The van der Waals surface area contributed by atoms with Gasteiger partial charge in [0.05, 0.1) is 0 Å². The standard InChI is InChI=1S/C15H21F2N3O2/c1-10-5-6-13(20(10)15(16)17)14(22)18-8-12-4-3-7-19(9-12)11(2)21/h5-6,12,15H,3-4,7-9H2,1-2H3,(H,18,22)/t12-/m0/s1. The van der Waals surface area contributed by atoms with E-state index in [1.807, 2.05) is 0 Å². The number of aromatic nitrogens is 1. The molecule has 0 bridgehead atoms. The Labute approximate surface area is 128 Å². The second-order valence-electron chi connectivity index (χ2n) is 5.69. The zero-order valence-corrected chi connectivity index (χ0v) is 12.8. The van der Waals surface area contributed by atoms with Crippen molar-refractivity contribution in [3.8, 4) is 0 Å². The summed E-state index contributed by atoms with van der Waals surface area (Å²) in [5.41, 5.74) is 0.312. The maximum atomic E-state index is 13.0. The van der Waals surface area contributed by atoms with E-state index >= 15 is 0 Å². The van der Waals surface area contributed by atoms with Crippen LogP contribution in [-0.4, -0.2) is 40.9 Å². The van der Waals surface area contributed by atoms with Crippen LogP contribution in [0.1, 0.15) is 42.5 Å². The molecule has 0 radical (unpaired) electrons. The highest BCUT2D eigenvalue weighted by Crippen LogP contribution is 2.19. The van der Waals surface area contributed by atoms with Gasteiger partial charge in [-0.15, -0.1) is 0 Å². The van der Waals surface area contributed by atoms with Crippen molar-refractivity contribution in [3.05, 3.63) is 23.5 Å². The zero-order valence-electron chi connectivity index (χ0n) is 12.8. The molecule has 0 spiro atoms. The molecule has 1 aromatic heterocycles. The second kappa shape index (κ2) is 6.89. The number of amides is 2. The number of rotatable bonds is 4. The van der Waals surface area contributed by atoms with Gasteiger partial charge in [0.15, 0.2) is 0 Å². The number of nitrogens with one attached hydrogen (secondary N) is 1. The normalized spacial score (nSPS) is 18.6. The lowest BCUT2D eigenvalue weighted by atomic mass is 9.98. The van der Waals surface area contributed by atoms with E-state index in [0.717, 1.165) is 24.0 Å². The lowest BCUT2D eigenvalue weighted by molar-refractivity contribution is -0.130. The molecule has 1 saturated heterocycles. The molecular formula is C15H21F2N3O2. The van der Waals surface area contributed by atoms with Crippen LogP contribution in [0.3, 0.4) is 0 Å². The fourth-order valence-corrected chi connectivity index (χ4v) is 2.84. The summed E-state index contributed by atoms with van der Waals surface area (Å²) >= 11 is 0. The molecule has 0 aliphatic carbocycles. The highest BCUT2D eigenvalue weighted by Gasteiger charge is 2.23. The predicted octanol–water partition coefficient (Wildman–Crippen LogP) is 2.18. The number of alkyl halides is 2. The third-order valence-electron chi connectivity index (χ3n) is 4.07. The van der Waals surface area contributed by atoms with Crippen molar-refractivity contribution < 1.29 is 18.4 Å². The van der Waals surface area contributed by atoms with E-state index in [9.17, 15) is 18.4 Å². The molecule has 1 atom stereocenters. The first kappa shape index (κ1) is 16.5. The minimum absolute atomic E-state index is 0.0261. The summed E-state index contributed by atoms with van der Waals surface area (Å²) in [6.07, 6.45) is 1.81. The largest absolute Gasteiger partial charge is 0.350 e. The molecule has 0 aromatic carbocycles. The highest BCUT2D eigenvalue weighted by molar-refractivity contribution is 5.93. The highest BCUT2D eigenvalue weighted by atomic mass is 19.3. The summed E-state index contributed by atoms with van der Waals surface area (Å²) in [5.74, 6) is -0.316. The van der Waals surface area contributed by atoms with E-state index in [2.05, 4.69) is 5.32 Å². The van der Waals surface area contributed by atoms with Gasteiger partial charge in [-0.1, -0.05) is 0 Å². The lowest BCUT2D eigenvalue weighted by Crippen LogP contribution is -2.43. The Morgan fingerprint density at radius 1 is 1.41 bits per heavy atom. The van der Waals surface area contributed by atoms with Crippen molar-refractivity contribution >= 4 is 11.8 Å². The monoisotopic (exact) mass is 313 g/mol. The van der Waals surface area contributed by atoms with Crippen LogP contribution in [0.4, 0.5) is 8.78 Å². The van der Waals surface area contributed by atoms with E-state index in [1.54, 1.807) is 4.90 Å². The van der Waals surface area contributed by atoms with E-state index in [0.29, 0.717) is 18.8 Å². The fraction of sp³-hybridized carbons (Fsp3) is 0.600. The van der Waals surface area contributed by atoms with Crippen molar-refractivity contribution in [1.82, 2.24) is 14.8 Å². The Kier molecular flexibility index (Phi) is 5.15. The van der Waals surface area contributed by atoms with Crippen LogP contribution in [0.2, 0.25) is 0 Å². The Bertz CT molecular complexity index is 557. The number of nitrogens with zero attached hydrogens (tertiary/aromatic N) is 2. The molecule has 2 amide bonds. The van der Waals surface area contributed by atoms with Gasteiger partial charge in [0.25, 0.3) is 5.91 Å². The van der Waals surface area contributed by atoms with Crippen molar-refractivity contribution in [2.24, 2.45) is 5.92 Å². The summed E-state index contributed by atoms with van der Waals surface area (Å²) in [5, 5.41) is 2.71. The molecule has 1 N–H and O–H groups in total. The topological polar surface area (TPSA) is 54.3 Å². The zero-order chi connectivity index (χ0) is 16.3. The van der Waals surface area contributed by atoms with Crippen LogP contribution in [0.15, 0.2) is 12.1 Å². The van der Waals surface area contributed by atoms with Crippen LogP contribution in [0.5, 0.6) is 0 Å². The number of likely N-dealkylation sites (tertiary alicyclic amines) is 1. The Morgan fingerprint density at radius 3 is 2.77 bits per heavy atom. The molecule has 7 heteroatoms. The van der Waals surface area contributed by atoms with Crippen LogP contribution in [-0.2, 0) is 4.79 Å². The van der Waals surface area contributed by atoms with Crippen molar-refractivity contribution in [2.45, 2.75) is 33.2 Å². The molecule has 1 aromatic rings. The van der Waals surface area contributed by atoms with Gasteiger partial charge in [-0.2, -0.15) is 8.78 Å². The Balaban J connectivity index is 1.94. The Hall–Kier alpha value is -1.92. The molecule has 1 fully saturated rings. The van der Waals surface area contributed by atoms with E-state index in [1.165, 1.54) is 26.0 Å². The smallest absolute Gasteiger partial charge is 0.319 e. The summed E-state index contributed by atoms with van der Waals surface area (Å²) in [6, 6.07) is 2.90. The van der Waals surface area contributed by atoms with E-state index in [-0.39, 0.29) is 17.5 Å². The molecule has 0 saturated carbocycles. The number of piperidine rings is 1. The summed E-state index contributed by atoms with van der Waals surface area (Å²) in [6.45, 7) is 2.06. The van der Waals surface area contributed by atoms with Gasteiger partial charge in [0.2, 0.25) is 5.91 Å². The second-order valence-corrected chi connectivity index (χ2v) is 5.69. The van der Waals surface area contributed by atoms with Gasteiger partial charge >= 0.3 is 6.55 Å². The fourth-order valence-electron chi connectivity index (χ4n) is 2.84. The number of aryl methyl sites for hydroxylation is 1.